The highest BCUT2D eigenvalue weighted by Gasteiger charge is 2.26. The van der Waals surface area contributed by atoms with Crippen molar-refractivity contribution in [1.82, 2.24) is 10.6 Å². The minimum atomic E-state index is -0.940. The van der Waals surface area contributed by atoms with Crippen LogP contribution in [0.15, 0.2) is 0 Å². The molecule has 0 bridgehead atoms. The van der Waals surface area contributed by atoms with Crippen LogP contribution in [0.2, 0.25) is 0 Å². The van der Waals surface area contributed by atoms with Gasteiger partial charge in [0.15, 0.2) is 0 Å². The molecule has 1 aliphatic carbocycles. The van der Waals surface area contributed by atoms with Crippen LogP contribution >= 0.6 is 11.8 Å². The highest BCUT2D eigenvalue weighted by molar-refractivity contribution is 7.99. The Kier molecular flexibility index (Phi) is 7.56. The number of carbonyl (C=O) groups is 3. The van der Waals surface area contributed by atoms with E-state index in [1.54, 1.807) is 18.7 Å². The van der Waals surface area contributed by atoms with E-state index in [1.165, 1.54) is 6.42 Å². The van der Waals surface area contributed by atoms with Gasteiger partial charge in [-0.15, -0.1) is 0 Å². The number of imide groups is 1. The molecule has 21 heavy (non-hydrogen) atoms. The molecule has 3 N–H and O–H groups in total. The summed E-state index contributed by atoms with van der Waals surface area (Å²) in [5.74, 6) is -1.66. The van der Waals surface area contributed by atoms with Gasteiger partial charge in [0.05, 0.1) is 0 Å². The maximum Gasteiger partial charge on any atom is 0.321 e. The maximum absolute atomic E-state index is 11.8. The fraction of sp³-hybridized carbons (Fsp3) is 0.786. The molecule has 6 nitrogen and oxygen atoms in total. The number of hydrogen-bond acceptors (Lipinski definition) is 4. The number of rotatable bonds is 6. The topological polar surface area (TPSA) is 95.5 Å². The number of aliphatic carboxylic acids is 1. The van der Waals surface area contributed by atoms with Gasteiger partial charge in [-0.25, -0.2) is 4.79 Å². The summed E-state index contributed by atoms with van der Waals surface area (Å²) in [4.78, 5) is 34.0. The molecule has 0 aromatic rings. The Labute approximate surface area is 129 Å². The highest BCUT2D eigenvalue weighted by atomic mass is 32.2. The van der Waals surface area contributed by atoms with Gasteiger partial charge in [-0.1, -0.05) is 19.8 Å². The standard InChI is InChI=1S/C14H24N2O4S/c1-9(8-13(18)19)7-12(17)16-14(20)15-10-5-3-4-6-11(10)21-2/h9-11H,3-8H2,1-2H3,(H,18,19)(H2,15,16,17,20). The molecule has 3 atom stereocenters. The summed E-state index contributed by atoms with van der Waals surface area (Å²) < 4.78 is 0. The molecular weight excluding hydrogens is 292 g/mol. The van der Waals surface area contributed by atoms with Gasteiger partial charge < -0.3 is 10.4 Å². The monoisotopic (exact) mass is 316 g/mol. The van der Waals surface area contributed by atoms with Gasteiger partial charge in [-0.05, 0) is 25.0 Å². The number of carboxylic acid groups (broad SMARTS) is 1. The van der Waals surface area contributed by atoms with Crippen molar-refractivity contribution in [1.29, 1.82) is 0 Å². The maximum atomic E-state index is 11.8. The van der Waals surface area contributed by atoms with Gasteiger partial charge in [-0.2, -0.15) is 11.8 Å². The van der Waals surface area contributed by atoms with E-state index in [4.69, 9.17) is 5.11 Å². The lowest BCUT2D eigenvalue weighted by Crippen LogP contribution is -2.49. The summed E-state index contributed by atoms with van der Waals surface area (Å²) in [7, 11) is 0. The first kappa shape index (κ1) is 17.8. The second-order valence-electron chi connectivity index (χ2n) is 5.59. The van der Waals surface area contributed by atoms with Crippen LogP contribution in [0.1, 0.15) is 45.4 Å². The van der Waals surface area contributed by atoms with Gasteiger partial charge in [-0.3, -0.25) is 14.9 Å². The number of urea groups is 1. The Balaban J connectivity index is 2.35. The molecule has 0 radical (unpaired) electrons. The molecule has 1 saturated carbocycles. The molecule has 0 aromatic heterocycles. The lowest BCUT2D eigenvalue weighted by molar-refractivity contribution is -0.138. The number of carboxylic acids is 1. The minimum absolute atomic E-state index is 0.0380. The molecule has 0 saturated heterocycles. The smallest absolute Gasteiger partial charge is 0.321 e. The Hall–Kier alpha value is -1.24. The molecule has 120 valence electrons. The first-order chi connectivity index (χ1) is 9.92. The summed E-state index contributed by atoms with van der Waals surface area (Å²) in [5, 5.41) is 14.2. The SMILES string of the molecule is CSC1CCCCC1NC(=O)NC(=O)CC(C)CC(=O)O. The Morgan fingerprint density at radius 2 is 1.90 bits per heavy atom. The number of amides is 3. The lowest BCUT2D eigenvalue weighted by Gasteiger charge is -2.30. The van der Waals surface area contributed by atoms with Crippen molar-refractivity contribution >= 4 is 29.7 Å². The normalized spacial score (nSPS) is 23.1. The molecule has 1 aliphatic rings. The number of thioether (sulfide) groups is 1. The summed E-state index contributed by atoms with van der Waals surface area (Å²) in [6.07, 6.45) is 6.27. The molecule has 0 aliphatic heterocycles. The highest BCUT2D eigenvalue weighted by Crippen LogP contribution is 2.26. The van der Waals surface area contributed by atoms with Crippen LogP contribution in [0.25, 0.3) is 0 Å². The van der Waals surface area contributed by atoms with E-state index in [2.05, 4.69) is 10.6 Å². The average Bonchev–Trinajstić information content (AvgIpc) is 2.37. The van der Waals surface area contributed by atoms with Crippen molar-refractivity contribution in [2.24, 2.45) is 5.92 Å². The van der Waals surface area contributed by atoms with E-state index < -0.39 is 17.9 Å². The molecule has 7 heteroatoms. The summed E-state index contributed by atoms with van der Waals surface area (Å²) >= 11 is 1.74. The quantitative estimate of drug-likeness (QED) is 0.696. The Morgan fingerprint density at radius 1 is 1.24 bits per heavy atom. The minimum Gasteiger partial charge on any atom is -0.481 e. The van der Waals surface area contributed by atoms with Crippen LogP contribution in [0.4, 0.5) is 4.79 Å². The molecule has 3 unspecified atom stereocenters. The summed E-state index contributed by atoms with van der Waals surface area (Å²) in [6, 6.07) is -0.383. The van der Waals surface area contributed by atoms with Gasteiger partial charge in [0.25, 0.3) is 0 Å². The van der Waals surface area contributed by atoms with Crippen molar-refractivity contribution in [3.8, 4) is 0 Å². The van der Waals surface area contributed by atoms with Crippen molar-refractivity contribution in [3.05, 3.63) is 0 Å². The van der Waals surface area contributed by atoms with Crippen LogP contribution in [0.5, 0.6) is 0 Å². The zero-order valence-corrected chi connectivity index (χ0v) is 13.4. The predicted octanol–water partition coefficient (Wildman–Crippen LogP) is 1.99. The Morgan fingerprint density at radius 3 is 2.52 bits per heavy atom. The first-order valence-electron chi connectivity index (χ1n) is 7.27. The second-order valence-corrected chi connectivity index (χ2v) is 6.67. The van der Waals surface area contributed by atoms with Crippen LogP contribution in [-0.4, -0.2) is 40.6 Å². The molecule has 1 rings (SSSR count). The van der Waals surface area contributed by atoms with Gasteiger partial charge in [0.1, 0.15) is 0 Å². The third-order valence-electron chi connectivity index (χ3n) is 3.63. The molecule has 0 spiro atoms. The van der Waals surface area contributed by atoms with Crippen LogP contribution in [0.3, 0.4) is 0 Å². The van der Waals surface area contributed by atoms with Gasteiger partial charge in [0, 0.05) is 24.1 Å². The second kappa shape index (κ2) is 8.92. The van der Waals surface area contributed by atoms with Crippen molar-refractivity contribution in [3.63, 3.8) is 0 Å². The molecular formula is C14H24N2O4S. The fourth-order valence-corrected chi connectivity index (χ4v) is 3.55. The summed E-state index contributed by atoms with van der Waals surface area (Å²) in [5.41, 5.74) is 0. The van der Waals surface area contributed by atoms with E-state index in [9.17, 15) is 14.4 Å². The number of carbonyl (C=O) groups excluding carboxylic acids is 2. The van der Waals surface area contributed by atoms with Crippen LogP contribution in [-0.2, 0) is 9.59 Å². The number of nitrogens with one attached hydrogen (secondary N) is 2. The predicted molar refractivity (Wildman–Crippen MR) is 82.3 cm³/mol. The zero-order chi connectivity index (χ0) is 15.8. The first-order valence-corrected chi connectivity index (χ1v) is 8.56. The third kappa shape index (κ3) is 6.84. The lowest BCUT2D eigenvalue weighted by atomic mass is 9.95. The van der Waals surface area contributed by atoms with E-state index in [0.29, 0.717) is 5.25 Å². The van der Waals surface area contributed by atoms with Crippen molar-refractivity contribution in [2.75, 3.05) is 6.26 Å². The molecule has 1 fully saturated rings. The summed E-state index contributed by atoms with van der Waals surface area (Å²) in [6.45, 7) is 1.68. The largest absolute Gasteiger partial charge is 0.481 e. The van der Waals surface area contributed by atoms with E-state index in [-0.39, 0.29) is 24.8 Å². The van der Waals surface area contributed by atoms with Crippen molar-refractivity contribution < 1.29 is 19.5 Å². The number of hydrogen-bond donors (Lipinski definition) is 3. The van der Waals surface area contributed by atoms with Gasteiger partial charge >= 0.3 is 12.0 Å². The van der Waals surface area contributed by atoms with Crippen LogP contribution < -0.4 is 10.6 Å². The molecule has 0 heterocycles. The Bertz CT molecular complexity index is 389. The molecule has 3 amide bonds. The zero-order valence-electron chi connectivity index (χ0n) is 12.6. The van der Waals surface area contributed by atoms with Crippen molar-refractivity contribution in [2.45, 2.75) is 56.7 Å². The van der Waals surface area contributed by atoms with Gasteiger partial charge in [0.2, 0.25) is 5.91 Å². The fourth-order valence-electron chi connectivity index (χ4n) is 2.61. The van der Waals surface area contributed by atoms with E-state index in [0.717, 1.165) is 19.3 Å². The molecule has 0 aromatic carbocycles. The third-order valence-corrected chi connectivity index (χ3v) is 4.80. The van der Waals surface area contributed by atoms with Crippen LogP contribution in [0, 0.1) is 5.92 Å². The average molecular weight is 316 g/mol. The van der Waals surface area contributed by atoms with E-state index in [1.807, 2.05) is 6.26 Å². The van der Waals surface area contributed by atoms with E-state index >= 15 is 0 Å².